The molecule has 1 fully saturated rings. The number of halogens is 2. The second-order valence-corrected chi connectivity index (χ2v) is 5.19. The molecule has 15 heavy (non-hydrogen) atoms. The number of carbonyl (C=O) groups is 1. The number of nitrogens with two attached hydrogens (primary N) is 1. The summed E-state index contributed by atoms with van der Waals surface area (Å²) >= 11 is 7.99. The van der Waals surface area contributed by atoms with E-state index in [0.717, 1.165) is 3.57 Å². The highest BCUT2D eigenvalue weighted by atomic mass is 127. The smallest absolute Gasteiger partial charge is 0.255 e. The van der Waals surface area contributed by atoms with E-state index in [-0.39, 0.29) is 11.9 Å². The molecule has 2 rings (SSSR count). The van der Waals surface area contributed by atoms with E-state index in [9.17, 15) is 4.79 Å². The molecule has 5 heteroatoms. The van der Waals surface area contributed by atoms with Crippen molar-refractivity contribution in [1.29, 1.82) is 0 Å². The Labute approximate surface area is 107 Å². The van der Waals surface area contributed by atoms with Crippen LogP contribution in [-0.4, -0.2) is 29.9 Å². The van der Waals surface area contributed by atoms with Crippen molar-refractivity contribution in [1.82, 2.24) is 4.90 Å². The molecular formula is C10H10ClIN2O. The lowest BCUT2D eigenvalue weighted by molar-refractivity contribution is 0.0607. The minimum absolute atomic E-state index is 0.0172. The summed E-state index contributed by atoms with van der Waals surface area (Å²) in [5.74, 6) is 0.0172. The van der Waals surface area contributed by atoms with Crippen LogP contribution < -0.4 is 5.73 Å². The highest BCUT2D eigenvalue weighted by Gasteiger charge is 2.29. The van der Waals surface area contributed by atoms with Gasteiger partial charge in [0.25, 0.3) is 5.91 Å². The van der Waals surface area contributed by atoms with Crippen LogP contribution in [0.15, 0.2) is 18.2 Å². The molecule has 0 radical (unpaired) electrons. The quantitative estimate of drug-likeness (QED) is 0.794. The van der Waals surface area contributed by atoms with Crippen LogP contribution in [0.5, 0.6) is 0 Å². The third kappa shape index (κ3) is 2.26. The average Bonchev–Trinajstić information content (AvgIpc) is 2.16. The maximum atomic E-state index is 12.0. The standard InChI is InChI=1S/C10H10ClIN2O/c11-6-1-2-9(12)8(3-6)10(15)14-4-7(13)5-14/h1-3,7H,4-5,13H2. The number of hydrogen-bond acceptors (Lipinski definition) is 2. The topological polar surface area (TPSA) is 46.3 Å². The summed E-state index contributed by atoms with van der Waals surface area (Å²) < 4.78 is 0.919. The molecule has 1 aromatic carbocycles. The zero-order valence-corrected chi connectivity index (χ0v) is 10.8. The van der Waals surface area contributed by atoms with Crippen molar-refractivity contribution in [3.8, 4) is 0 Å². The molecular weight excluding hydrogens is 326 g/mol. The van der Waals surface area contributed by atoms with Gasteiger partial charge >= 0.3 is 0 Å². The van der Waals surface area contributed by atoms with Gasteiger partial charge in [0, 0.05) is 27.7 Å². The minimum atomic E-state index is 0.0172. The lowest BCUT2D eigenvalue weighted by Gasteiger charge is -2.37. The van der Waals surface area contributed by atoms with Gasteiger partial charge in [-0.15, -0.1) is 0 Å². The van der Waals surface area contributed by atoms with Crippen LogP contribution in [0.3, 0.4) is 0 Å². The third-order valence-electron chi connectivity index (χ3n) is 2.36. The Bertz CT molecular complexity index is 404. The molecule has 1 aromatic rings. The predicted molar refractivity (Wildman–Crippen MR) is 68.0 cm³/mol. The van der Waals surface area contributed by atoms with E-state index in [1.165, 1.54) is 0 Å². The zero-order chi connectivity index (χ0) is 11.0. The van der Waals surface area contributed by atoms with Crippen LogP contribution in [0.25, 0.3) is 0 Å². The van der Waals surface area contributed by atoms with Crippen molar-refractivity contribution in [2.45, 2.75) is 6.04 Å². The molecule has 0 aliphatic carbocycles. The van der Waals surface area contributed by atoms with E-state index in [4.69, 9.17) is 17.3 Å². The Kier molecular flexibility index (Phi) is 3.18. The first kappa shape index (κ1) is 11.2. The van der Waals surface area contributed by atoms with E-state index in [1.54, 1.807) is 17.0 Å². The Morgan fingerprint density at radius 3 is 2.80 bits per heavy atom. The molecule has 1 aliphatic rings. The summed E-state index contributed by atoms with van der Waals surface area (Å²) in [6, 6.07) is 5.46. The second kappa shape index (κ2) is 4.27. The fourth-order valence-corrected chi connectivity index (χ4v) is 2.25. The first-order chi connectivity index (χ1) is 7.08. The largest absolute Gasteiger partial charge is 0.335 e. The summed E-state index contributed by atoms with van der Waals surface area (Å²) in [6.07, 6.45) is 0. The van der Waals surface area contributed by atoms with Gasteiger partial charge in [0.1, 0.15) is 0 Å². The second-order valence-electron chi connectivity index (χ2n) is 3.59. The average molecular weight is 337 g/mol. The lowest BCUT2D eigenvalue weighted by Crippen LogP contribution is -2.57. The van der Waals surface area contributed by atoms with Gasteiger partial charge in [-0.2, -0.15) is 0 Å². The van der Waals surface area contributed by atoms with Crippen molar-refractivity contribution in [3.05, 3.63) is 32.4 Å². The van der Waals surface area contributed by atoms with Crippen LogP contribution in [0.4, 0.5) is 0 Å². The van der Waals surface area contributed by atoms with Crippen molar-refractivity contribution in [2.24, 2.45) is 5.73 Å². The van der Waals surface area contributed by atoms with E-state index >= 15 is 0 Å². The monoisotopic (exact) mass is 336 g/mol. The zero-order valence-electron chi connectivity index (χ0n) is 7.91. The summed E-state index contributed by atoms with van der Waals surface area (Å²) in [6.45, 7) is 1.28. The lowest BCUT2D eigenvalue weighted by atomic mass is 10.1. The summed E-state index contributed by atoms with van der Waals surface area (Å²) in [7, 11) is 0. The molecule has 1 saturated heterocycles. The summed E-state index contributed by atoms with van der Waals surface area (Å²) in [5.41, 5.74) is 6.29. The van der Waals surface area contributed by atoms with Gasteiger partial charge in [0.15, 0.2) is 0 Å². The van der Waals surface area contributed by atoms with Gasteiger partial charge in [-0.3, -0.25) is 4.79 Å². The number of benzene rings is 1. The summed E-state index contributed by atoms with van der Waals surface area (Å²) in [5, 5.41) is 0.587. The van der Waals surface area contributed by atoms with Gasteiger partial charge in [0.2, 0.25) is 0 Å². The van der Waals surface area contributed by atoms with Crippen molar-refractivity contribution in [3.63, 3.8) is 0 Å². The number of likely N-dealkylation sites (tertiary alicyclic amines) is 1. The van der Waals surface area contributed by atoms with Gasteiger partial charge in [-0.25, -0.2) is 0 Å². The fraction of sp³-hybridized carbons (Fsp3) is 0.300. The molecule has 1 aliphatic heterocycles. The molecule has 0 bridgehead atoms. The molecule has 0 aromatic heterocycles. The SMILES string of the molecule is NC1CN(C(=O)c2cc(Cl)ccc2I)C1. The van der Waals surface area contributed by atoms with Crippen LogP contribution in [0.2, 0.25) is 5.02 Å². The highest BCUT2D eigenvalue weighted by molar-refractivity contribution is 14.1. The highest BCUT2D eigenvalue weighted by Crippen LogP contribution is 2.21. The van der Waals surface area contributed by atoms with Crippen LogP contribution >= 0.6 is 34.2 Å². The van der Waals surface area contributed by atoms with Crippen molar-refractivity contribution >= 4 is 40.1 Å². The number of rotatable bonds is 1. The van der Waals surface area contributed by atoms with Crippen LogP contribution in [-0.2, 0) is 0 Å². The Morgan fingerprint density at radius 2 is 2.20 bits per heavy atom. The van der Waals surface area contributed by atoms with Gasteiger partial charge < -0.3 is 10.6 Å². The first-order valence-electron chi connectivity index (χ1n) is 4.58. The molecule has 1 heterocycles. The Morgan fingerprint density at radius 1 is 1.53 bits per heavy atom. The predicted octanol–water partition coefficient (Wildman–Crippen LogP) is 1.73. The maximum Gasteiger partial charge on any atom is 0.255 e. The van der Waals surface area contributed by atoms with E-state index in [1.807, 2.05) is 6.07 Å². The number of carbonyl (C=O) groups excluding carboxylic acids is 1. The van der Waals surface area contributed by atoms with Gasteiger partial charge in [0.05, 0.1) is 5.56 Å². The van der Waals surface area contributed by atoms with Crippen molar-refractivity contribution < 1.29 is 4.79 Å². The van der Waals surface area contributed by atoms with Crippen LogP contribution in [0.1, 0.15) is 10.4 Å². The number of amides is 1. The molecule has 0 saturated carbocycles. The molecule has 0 atom stereocenters. The van der Waals surface area contributed by atoms with E-state index in [0.29, 0.717) is 23.7 Å². The molecule has 80 valence electrons. The first-order valence-corrected chi connectivity index (χ1v) is 6.03. The third-order valence-corrected chi connectivity index (χ3v) is 3.53. The molecule has 0 spiro atoms. The van der Waals surface area contributed by atoms with Crippen LogP contribution in [0, 0.1) is 3.57 Å². The normalized spacial score (nSPS) is 16.3. The van der Waals surface area contributed by atoms with Gasteiger partial charge in [-0.1, -0.05) is 11.6 Å². The van der Waals surface area contributed by atoms with E-state index in [2.05, 4.69) is 22.6 Å². The fourth-order valence-electron chi connectivity index (χ4n) is 1.51. The Balaban J connectivity index is 2.22. The molecule has 1 amide bonds. The molecule has 3 nitrogen and oxygen atoms in total. The van der Waals surface area contributed by atoms with E-state index < -0.39 is 0 Å². The summed E-state index contributed by atoms with van der Waals surface area (Å²) in [4.78, 5) is 13.7. The molecule has 0 unspecified atom stereocenters. The Hall–Kier alpha value is -0.330. The minimum Gasteiger partial charge on any atom is -0.335 e. The number of nitrogens with zero attached hydrogens (tertiary/aromatic N) is 1. The number of hydrogen-bond donors (Lipinski definition) is 1. The van der Waals surface area contributed by atoms with Gasteiger partial charge in [-0.05, 0) is 40.8 Å². The molecule has 2 N–H and O–H groups in total. The maximum absolute atomic E-state index is 12.0. The van der Waals surface area contributed by atoms with Crippen molar-refractivity contribution in [2.75, 3.05) is 13.1 Å².